The van der Waals surface area contributed by atoms with Gasteiger partial charge in [0.1, 0.15) is 5.02 Å². The van der Waals surface area contributed by atoms with Crippen LogP contribution >= 0.6 is 11.6 Å². The van der Waals surface area contributed by atoms with Crippen molar-refractivity contribution in [1.29, 1.82) is 0 Å². The zero-order valence-corrected chi connectivity index (χ0v) is 12.3. The monoisotopic (exact) mass is 285 g/mol. The van der Waals surface area contributed by atoms with Crippen LogP contribution < -0.4 is 15.5 Å². The molecule has 106 valence electrons. The SMILES string of the molecule is CCCNc1ncc(Cl)c(N(C)CC(=O)NCC)n1. The number of likely N-dealkylation sites (N-methyl/N-ethyl adjacent to an activating group) is 2. The van der Waals surface area contributed by atoms with Gasteiger partial charge in [-0.15, -0.1) is 0 Å². The molecule has 1 heterocycles. The molecule has 0 fully saturated rings. The minimum atomic E-state index is -0.0669. The molecule has 2 N–H and O–H groups in total. The van der Waals surface area contributed by atoms with E-state index in [2.05, 4.69) is 27.5 Å². The standard InChI is InChI=1S/C12H20ClN5O/c1-4-6-15-12-16-7-9(13)11(17-12)18(3)8-10(19)14-5-2/h7H,4-6,8H2,1-3H3,(H,14,19)(H,15,16,17). The number of aromatic nitrogens is 2. The number of carbonyl (C=O) groups is 1. The van der Waals surface area contributed by atoms with Crippen molar-refractivity contribution in [3.05, 3.63) is 11.2 Å². The summed E-state index contributed by atoms with van der Waals surface area (Å²) < 4.78 is 0. The van der Waals surface area contributed by atoms with Crippen LogP contribution in [0.25, 0.3) is 0 Å². The first-order valence-corrected chi connectivity index (χ1v) is 6.70. The van der Waals surface area contributed by atoms with Crippen LogP contribution in [0.1, 0.15) is 20.3 Å². The Kier molecular flexibility index (Phi) is 6.35. The molecule has 0 aliphatic heterocycles. The Labute approximate surface area is 118 Å². The minimum absolute atomic E-state index is 0.0669. The second kappa shape index (κ2) is 7.78. The van der Waals surface area contributed by atoms with E-state index in [0.717, 1.165) is 13.0 Å². The highest BCUT2D eigenvalue weighted by atomic mass is 35.5. The first kappa shape index (κ1) is 15.5. The molecule has 1 aromatic heterocycles. The summed E-state index contributed by atoms with van der Waals surface area (Å²) in [7, 11) is 1.77. The number of nitrogens with zero attached hydrogens (tertiary/aromatic N) is 3. The second-order valence-electron chi connectivity index (χ2n) is 4.10. The minimum Gasteiger partial charge on any atom is -0.355 e. The number of nitrogens with one attached hydrogen (secondary N) is 2. The summed E-state index contributed by atoms with van der Waals surface area (Å²) in [6.45, 7) is 5.54. The molecule has 0 bridgehead atoms. The Morgan fingerprint density at radius 1 is 1.47 bits per heavy atom. The van der Waals surface area contributed by atoms with Gasteiger partial charge < -0.3 is 15.5 Å². The number of halogens is 1. The lowest BCUT2D eigenvalue weighted by atomic mass is 10.4. The van der Waals surface area contributed by atoms with Gasteiger partial charge in [-0.3, -0.25) is 4.79 Å². The largest absolute Gasteiger partial charge is 0.355 e. The van der Waals surface area contributed by atoms with E-state index in [1.165, 1.54) is 6.20 Å². The van der Waals surface area contributed by atoms with E-state index in [0.29, 0.717) is 23.3 Å². The van der Waals surface area contributed by atoms with Crippen LogP contribution in [0.2, 0.25) is 5.02 Å². The number of carbonyl (C=O) groups excluding carboxylic acids is 1. The van der Waals surface area contributed by atoms with Gasteiger partial charge in [0, 0.05) is 20.1 Å². The lowest BCUT2D eigenvalue weighted by Gasteiger charge is -2.19. The molecular weight excluding hydrogens is 266 g/mol. The molecule has 1 rings (SSSR count). The van der Waals surface area contributed by atoms with Crippen LogP contribution in [0.4, 0.5) is 11.8 Å². The van der Waals surface area contributed by atoms with Crippen molar-refractivity contribution in [3.8, 4) is 0 Å². The number of rotatable bonds is 7. The highest BCUT2D eigenvalue weighted by molar-refractivity contribution is 6.32. The summed E-state index contributed by atoms with van der Waals surface area (Å²) in [5.74, 6) is 0.994. The third kappa shape index (κ3) is 4.90. The second-order valence-corrected chi connectivity index (χ2v) is 4.51. The number of hydrogen-bond donors (Lipinski definition) is 2. The van der Waals surface area contributed by atoms with Crippen LogP contribution in [-0.4, -0.2) is 42.6 Å². The van der Waals surface area contributed by atoms with Crippen LogP contribution in [0.5, 0.6) is 0 Å². The van der Waals surface area contributed by atoms with Crippen molar-refractivity contribution in [2.24, 2.45) is 0 Å². The Balaban J connectivity index is 2.76. The lowest BCUT2D eigenvalue weighted by Crippen LogP contribution is -2.35. The molecule has 0 aromatic carbocycles. The molecule has 19 heavy (non-hydrogen) atoms. The lowest BCUT2D eigenvalue weighted by molar-refractivity contribution is -0.119. The van der Waals surface area contributed by atoms with Gasteiger partial charge in [0.25, 0.3) is 0 Å². The van der Waals surface area contributed by atoms with Gasteiger partial charge in [-0.1, -0.05) is 18.5 Å². The molecule has 1 aromatic rings. The Bertz CT molecular complexity index is 427. The normalized spacial score (nSPS) is 10.1. The summed E-state index contributed by atoms with van der Waals surface area (Å²) >= 11 is 6.06. The zero-order valence-electron chi connectivity index (χ0n) is 11.5. The fourth-order valence-electron chi connectivity index (χ4n) is 1.49. The van der Waals surface area contributed by atoms with Crippen molar-refractivity contribution >= 4 is 29.3 Å². The first-order chi connectivity index (χ1) is 9.08. The molecule has 0 spiro atoms. The maximum atomic E-state index is 11.5. The third-order valence-corrected chi connectivity index (χ3v) is 2.64. The fourth-order valence-corrected chi connectivity index (χ4v) is 1.73. The summed E-state index contributed by atoms with van der Waals surface area (Å²) in [6, 6.07) is 0. The topological polar surface area (TPSA) is 70.2 Å². The average Bonchev–Trinajstić information content (AvgIpc) is 2.37. The molecule has 0 atom stereocenters. The van der Waals surface area contributed by atoms with E-state index >= 15 is 0 Å². The molecule has 0 saturated carbocycles. The summed E-state index contributed by atoms with van der Waals surface area (Å²) in [4.78, 5) is 21.6. The van der Waals surface area contributed by atoms with Gasteiger partial charge in [0.05, 0.1) is 12.7 Å². The van der Waals surface area contributed by atoms with Gasteiger partial charge in [0.2, 0.25) is 11.9 Å². The highest BCUT2D eigenvalue weighted by Gasteiger charge is 2.13. The zero-order chi connectivity index (χ0) is 14.3. The van der Waals surface area contributed by atoms with Gasteiger partial charge in [-0.25, -0.2) is 4.98 Å². The molecule has 0 radical (unpaired) electrons. The van der Waals surface area contributed by atoms with Crippen molar-refractivity contribution in [2.45, 2.75) is 20.3 Å². The number of amides is 1. The maximum absolute atomic E-state index is 11.5. The Hall–Kier alpha value is -1.56. The van der Waals surface area contributed by atoms with Crippen LogP contribution in [0.3, 0.4) is 0 Å². The van der Waals surface area contributed by atoms with Crippen molar-refractivity contribution in [3.63, 3.8) is 0 Å². The quantitative estimate of drug-likeness (QED) is 0.795. The number of anilines is 2. The molecule has 0 unspecified atom stereocenters. The molecular formula is C12H20ClN5O. The third-order valence-electron chi connectivity index (χ3n) is 2.38. The van der Waals surface area contributed by atoms with Gasteiger partial charge >= 0.3 is 0 Å². The van der Waals surface area contributed by atoms with E-state index in [9.17, 15) is 4.79 Å². The van der Waals surface area contributed by atoms with E-state index in [4.69, 9.17) is 11.6 Å². The average molecular weight is 286 g/mol. The fraction of sp³-hybridized carbons (Fsp3) is 0.583. The maximum Gasteiger partial charge on any atom is 0.239 e. The van der Waals surface area contributed by atoms with Gasteiger partial charge in [0.15, 0.2) is 5.82 Å². The molecule has 0 saturated heterocycles. The molecule has 6 nitrogen and oxygen atoms in total. The van der Waals surface area contributed by atoms with Crippen LogP contribution in [0, 0.1) is 0 Å². The summed E-state index contributed by atoms with van der Waals surface area (Å²) in [5.41, 5.74) is 0. The molecule has 0 aliphatic rings. The highest BCUT2D eigenvalue weighted by Crippen LogP contribution is 2.22. The van der Waals surface area contributed by atoms with Gasteiger partial charge in [-0.05, 0) is 13.3 Å². The summed E-state index contributed by atoms with van der Waals surface area (Å²) in [6.07, 6.45) is 2.52. The molecule has 1 amide bonds. The van der Waals surface area contributed by atoms with E-state index < -0.39 is 0 Å². The van der Waals surface area contributed by atoms with E-state index in [1.54, 1.807) is 11.9 Å². The molecule has 0 aliphatic carbocycles. The predicted molar refractivity (Wildman–Crippen MR) is 77.8 cm³/mol. The first-order valence-electron chi connectivity index (χ1n) is 6.32. The van der Waals surface area contributed by atoms with Crippen molar-refractivity contribution in [2.75, 3.05) is 36.9 Å². The van der Waals surface area contributed by atoms with Crippen LogP contribution in [0.15, 0.2) is 6.20 Å². The Morgan fingerprint density at radius 2 is 2.21 bits per heavy atom. The Morgan fingerprint density at radius 3 is 2.84 bits per heavy atom. The summed E-state index contributed by atoms with van der Waals surface area (Å²) in [5, 5.41) is 6.24. The predicted octanol–water partition coefficient (Wildman–Crippen LogP) is 1.52. The van der Waals surface area contributed by atoms with E-state index in [-0.39, 0.29) is 12.5 Å². The van der Waals surface area contributed by atoms with E-state index in [1.807, 2.05) is 6.92 Å². The number of hydrogen-bond acceptors (Lipinski definition) is 5. The van der Waals surface area contributed by atoms with Crippen molar-refractivity contribution < 1.29 is 4.79 Å². The van der Waals surface area contributed by atoms with Gasteiger partial charge in [-0.2, -0.15) is 4.98 Å². The van der Waals surface area contributed by atoms with Crippen LogP contribution in [-0.2, 0) is 4.79 Å². The van der Waals surface area contributed by atoms with Crippen molar-refractivity contribution in [1.82, 2.24) is 15.3 Å². The smallest absolute Gasteiger partial charge is 0.239 e. The molecule has 7 heteroatoms.